The Morgan fingerprint density at radius 3 is 2.00 bits per heavy atom. The summed E-state index contributed by atoms with van der Waals surface area (Å²) in [5.41, 5.74) is 0.833. The lowest BCUT2D eigenvalue weighted by Gasteiger charge is -2.10. The Kier molecular flexibility index (Phi) is 9.77. The molecule has 3 rings (SSSR count). The van der Waals surface area contributed by atoms with E-state index >= 15 is 0 Å². The van der Waals surface area contributed by atoms with E-state index in [-0.39, 0.29) is 0 Å². The van der Waals surface area contributed by atoms with Crippen molar-refractivity contribution in [3.8, 4) is 11.5 Å². The number of carbonyl (C=O) groups excluding carboxylic acids is 2. The fourth-order valence-corrected chi connectivity index (χ4v) is 3.43. The zero-order valence-electron chi connectivity index (χ0n) is 19.3. The van der Waals surface area contributed by atoms with Crippen molar-refractivity contribution in [1.29, 1.82) is 0 Å². The van der Waals surface area contributed by atoms with Crippen molar-refractivity contribution in [3.05, 3.63) is 83.6 Å². The summed E-state index contributed by atoms with van der Waals surface area (Å²) in [4.78, 5) is 24.7. The lowest BCUT2D eigenvalue weighted by molar-refractivity contribution is 0.0613. The van der Waals surface area contributed by atoms with Crippen LogP contribution in [0.5, 0.6) is 11.5 Å². The van der Waals surface area contributed by atoms with Crippen molar-refractivity contribution < 1.29 is 23.8 Å². The van der Waals surface area contributed by atoms with Crippen LogP contribution in [0.1, 0.15) is 79.0 Å². The monoisotopic (exact) mass is 448 g/mol. The molecule has 174 valence electrons. The summed E-state index contributed by atoms with van der Waals surface area (Å²) in [6, 6.07) is 13.3. The van der Waals surface area contributed by atoms with Crippen LogP contribution in [0.15, 0.2) is 72.5 Å². The van der Waals surface area contributed by atoms with Crippen LogP contribution >= 0.6 is 0 Å². The number of ether oxygens (including phenoxy) is 3. The standard InChI is InChI=1S/C28H32O5/c1-2-3-4-5-6-10-21-31-24-17-13-22(14-18-24)28(30)33-26-19-15-23(16-20-26)27(29)32-25-11-8-7-9-12-25/h7-8,11,13-20H,2-6,9-10,12,21H2,1H3. The van der Waals surface area contributed by atoms with E-state index in [2.05, 4.69) is 6.92 Å². The van der Waals surface area contributed by atoms with E-state index in [4.69, 9.17) is 14.2 Å². The number of benzene rings is 2. The molecule has 0 unspecified atom stereocenters. The number of carbonyl (C=O) groups is 2. The van der Waals surface area contributed by atoms with Crippen molar-refractivity contribution in [1.82, 2.24) is 0 Å². The van der Waals surface area contributed by atoms with Gasteiger partial charge in [0.05, 0.1) is 17.7 Å². The second-order valence-corrected chi connectivity index (χ2v) is 8.04. The fourth-order valence-electron chi connectivity index (χ4n) is 3.43. The van der Waals surface area contributed by atoms with Gasteiger partial charge in [0, 0.05) is 6.42 Å². The lowest BCUT2D eigenvalue weighted by Crippen LogP contribution is -2.09. The number of hydrogen-bond acceptors (Lipinski definition) is 5. The smallest absolute Gasteiger partial charge is 0.343 e. The third kappa shape index (κ3) is 8.26. The first-order valence-corrected chi connectivity index (χ1v) is 11.8. The Morgan fingerprint density at radius 2 is 1.36 bits per heavy atom. The first-order valence-electron chi connectivity index (χ1n) is 11.8. The topological polar surface area (TPSA) is 61.8 Å². The predicted molar refractivity (Wildman–Crippen MR) is 129 cm³/mol. The van der Waals surface area contributed by atoms with Crippen LogP contribution in [-0.2, 0) is 4.74 Å². The molecule has 0 amide bonds. The molecule has 0 aliphatic heterocycles. The van der Waals surface area contributed by atoms with Gasteiger partial charge in [0.1, 0.15) is 17.3 Å². The summed E-state index contributed by atoms with van der Waals surface area (Å²) in [6.45, 7) is 2.89. The van der Waals surface area contributed by atoms with E-state index in [1.807, 2.05) is 12.2 Å². The minimum atomic E-state index is -0.466. The molecule has 0 N–H and O–H groups in total. The second kappa shape index (κ2) is 13.3. The molecule has 0 spiro atoms. The van der Waals surface area contributed by atoms with E-state index in [0.717, 1.165) is 18.6 Å². The highest BCUT2D eigenvalue weighted by molar-refractivity contribution is 5.92. The van der Waals surface area contributed by atoms with Gasteiger partial charge in [-0.15, -0.1) is 0 Å². The van der Waals surface area contributed by atoms with Gasteiger partial charge in [-0.25, -0.2) is 9.59 Å². The minimum Gasteiger partial charge on any atom is -0.494 e. The van der Waals surface area contributed by atoms with Gasteiger partial charge < -0.3 is 14.2 Å². The van der Waals surface area contributed by atoms with E-state index in [0.29, 0.717) is 35.7 Å². The summed E-state index contributed by atoms with van der Waals surface area (Å²) < 4.78 is 16.6. The maximum Gasteiger partial charge on any atom is 0.343 e. The van der Waals surface area contributed by atoms with E-state index < -0.39 is 11.9 Å². The lowest BCUT2D eigenvalue weighted by atomic mass is 10.1. The van der Waals surface area contributed by atoms with Crippen LogP contribution in [-0.4, -0.2) is 18.5 Å². The Balaban J connectivity index is 1.43. The van der Waals surface area contributed by atoms with Crippen molar-refractivity contribution in [3.63, 3.8) is 0 Å². The normalized spacial score (nSPS) is 12.7. The molecule has 5 nitrogen and oxygen atoms in total. The number of allylic oxidation sites excluding steroid dienone is 4. The molecule has 0 heterocycles. The summed E-state index contributed by atoms with van der Waals surface area (Å²) in [5.74, 6) is 0.863. The maximum atomic E-state index is 12.4. The van der Waals surface area contributed by atoms with Crippen LogP contribution in [0.25, 0.3) is 0 Å². The van der Waals surface area contributed by atoms with Crippen molar-refractivity contribution in [2.24, 2.45) is 0 Å². The Labute approximate surface area is 196 Å². The molecule has 0 saturated heterocycles. The average Bonchev–Trinajstić information content (AvgIpc) is 2.85. The van der Waals surface area contributed by atoms with Crippen LogP contribution in [0.2, 0.25) is 0 Å². The van der Waals surface area contributed by atoms with Gasteiger partial charge in [-0.3, -0.25) is 0 Å². The highest BCUT2D eigenvalue weighted by Crippen LogP contribution is 2.19. The Morgan fingerprint density at radius 1 is 0.758 bits per heavy atom. The molecule has 0 saturated carbocycles. The molecule has 2 aromatic rings. The number of rotatable bonds is 12. The second-order valence-electron chi connectivity index (χ2n) is 8.04. The number of hydrogen-bond donors (Lipinski definition) is 0. The van der Waals surface area contributed by atoms with E-state index in [1.54, 1.807) is 54.6 Å². The Bertz CT molecular complexity index is 955. The van der Waals surface area contributed by atoms with Crippen LogP contribution in [0.3, 0.4) is 0 Å². The van der Waals surface area contributed by atoms with Gasteiger partial charge in [-0.1, -0.05) is 51.2 Å². The summed E-state index contributed by atoms with van der Waals surface area (Å²) in [7, 11) is 0. The molecule has 5 heteroatoms. The molecular formula is C28H32O5. The average molecular weight is 449 g/mol. The van der Waals surface area contributed by atoms with Gasteiger partial charge in [0.2, 0.25) is 0 Å². The third-order valence-electron chi connectivity index (χ3n) is 5.36. The molecule has 2 aromatic carbocycles. The summed E-state index contributed by atoms with van der Waals surface area (Å²) in [5, 5.41) is 0. The molecule has 0 aromatic heterocycles. The fraction of sp³-hybridized carbons (Fsp3) is 0.357. The molecule has 1 aliphatic carbocycles. The van der Waals surface area contributed by atoms with E-state index in [1.165, 1.54) is 32.1 Å². The van der Waals surface area contributed by atoms with Crippen molar-refractivity contribution in [2.45, 2.75) is 58.3 Å². The molecule has 0 radical (unpaired) electrons. The van der Waals surface area contributed by atoms with Gasteiger partial charge in [-0.05, 0) is 67.4 Å². The van der Waals surface area contributed by atoms with Crippen molar-refractivity contribution >= 4 is 11.9 Å². The van der Waals surface area contributed by atoms with Gasteiger partial charge in [0.15, 0.2) is 0 Å². The largest absolute Gasteiger partial charge is 0.494 e. The highest BCUT2D eigenvalue weighted by atomic mass is 16.5. The molecule has 0 atom stereocenters. The SMILES string of the molecule is CCCCCCCCOc1ccc(C(=O)Oc2ccc(C(=O)OC3=CC=CCC3)cc2)cc1. The van der Waals surface area contributed by atoms with E-state index in [9.17, 15) is 9.59 Å². The predicted octanol–water partition coefficient (Wildman–Crippen LogP) is 7.04. The Hall–Kier alpha value is -3.34. The van der Waals surface area contributed by atoms with Crippen LogP contribution in [0.4, 0.5) is 0 Å². The quantitative estimate of drug-likeness (QED) is 0.198. The molecular weight excluding hydrogens is 416 g/mol. The molecule has 1 aliphatic rings. The first kappa shape index (κ1) is 24.3. The third-order valence-corrected chi connectivity index (χ3v) is 5.36. The van der Waals surface area contributed by atoms with Gasteiger partial charge in [0.25, 0.3) is 0 Å². The molecule has 33 heavy (non-hydrogen) atoms. The first-order chi connectivity index (χ1) is 16.2. The molecule has 0 fully saturated rings. The zero-order chi connectivity index (χ0) is 23.3. The number of esters is 2. The van der Waals surface area contributed by atoms with Crippen LogP contribution < -0.4 is 9.47 Å². The van der Waals surface area contributed by atoms with Gasteiger partial charge >= 0.3 is 11.9 Å². The summed E-state index contributed by atoms with van der Waals surface area (Å²) >= 11 is 0. The highest BCUT2D eigenvalue weighted by Gasteiger charge is 2.13. The number of unbranched alkanes of at least 4 members (excludes halogenated alkanes) is 5. The van der Waals surface area contributed by atoms with Crippen LogP contribution in [0, 0.1) is 0 Å². The summed E-state index contributed by atoms with van der Waals surface area (Å²) in [6.07, 6.45) is 14.6. The van der Waals surface area contributed by atoms with Crippen molar-refractivity contribution in [2.75, 3.05) is 6.61 Å². The van der Waals surface area contributed by atoms with Gasteiger partial charge in [-0.2, -0.15) is 0 Å². The maximum absolute atomic E-state index is 12.4. The molecule has 0 bridgehead atoms. The zero-order valence-corrected chi connectivity index (χ0v) is 19.3. The minimum absolute atomic E-state index is 0.361.